The molecule has 6 aromatic rings. The summed E-state index contributed by atoms with van der Waals surface area (Å²) in [5, 5.41) is 0. The lowest BCUT2D eigenvalue weighted by atomic mass is 10.2. The van der Waals surface area contributed by atoms with Crippen LogP contribution in [-0.2, 0) is 20.4 Å². The maximum atomic E-state index is 12.9. The van der Waals surface area contributed by atoms with Gasteiger partial charge in [0.1, 0.15) is 62.6 Å². The van der Waals surface area contributed by atoms with Gasteiger partial charge in [-0.15, -0.1) is 0 Å². The summed E-state index contributed by atoms with van der Waals surface area (Å²) in [4.78, 5) is 29.0. The van der Waals surface area contributed by atoms with Crippen molar-refractivity contribution in [1.82, 2.24) is 0 Å². The standard InChI is InChI=1S/C44H30I9O8S/c45-31-13-15-33(47)39(51)37(31)43(54)60-23-20-57-26-3-9-29(10-4-26)62(28-7-1-25(2-8-28)56-19-22-59-42-36(50)18-17-35(49)41(42)53)30-11-5-27(6-12-30)58-21-24-61-44(55)38-32(46)14-16-34(48)40(38)52/h1-18H,19-24H2/q+1. The Morgan fingerprint density at radius 3 is 1.05 bits per heavy atom. The summed E-state index contributed by atoms with van der Waals surface area (Å²) in [6, 6.07) is 36.1. The Labute approximate surface area is 485 Å². The third-order valence-electron chi connectivity index (χ3n) is 8.45. The van der Waals surface area contributed by atoms with Crippen LogP contribution in [0.25, 0.3) is 0 Å². The van der Waals surface area contributed by atoms with Crippen LogP contribution < -0.4 is 18.9 Å². The molecule has 8 nitrogen and oxygen atoms in total. The van der Waals surface area contributed by atoms with E-state index in [0.29, 0.717) is 35.8 Å². The van der Waals surface area contributed by atoms with E-state index in [1.807, 2.05) is 60.7 Å². The highest BCUT2D eigenvalue weighted by molar-refractivity contribution is 14.1. The van der Waals surface area contributed by atoms with Gasteiger partial charge in [0.25, 0.3) is 0 Å². The highest BCUT2D eigenvalue weighted by atomic mass is 127. The first-order chi connectivity index (χ1) is 29.8. The molecule has 0 aliphatic rings. The number of rotatable bonds is 18. The molecule has 0 aliphatic heterocycles. The minimum atomic E-state index is -0.498. The van der Waals surface area contributed by atoms with E-state index in [1.54, 1.807) is 0 Å². The predicted octanol–water partition coefficient (Wildman–Crippen LogP) is 14.2. The van der Waals surface area contributed by atoms with Crippen LogP contribution in [0, 0.1) is 32.1 Å². The number of halogens is 9. The van der Waals surface area contributed by atoms with Gasteiger partial charge in [-0.1, -0.05) is 0 Å². The third kappa shape index (κ3) is 14.2. The quantitative estimate of drug-likeness (QED) is 0.0276. The van der Waals surface area contributed by atoms with Gasteiger partial charge in [-0.25, -0.2) is 9.59 Å². The number of esters is 2. The number of hydrogen-bond acceptors (Lipinski definition) is 8. The van der Waals surface area contributed by atoms with Crippen LogP contribution in [0.1, 0.15) is 20.7 Å². The molecule has 0 saturated heterocycles. The third-order valence-corrected chi connectivity index (χ3v) is 22.4. The molecule has 0 spiro atoms. The van der Waals surface area contributed by atoms with Crippen molar-refractivity contribution in [3.05, 3.63) is 152 Å². The smallest absolute Gasteiger partial charge is 0.340 e. The molecule has 0 atom stereocenters. The second-order valence-corrected chi connectivity index (χ2v) is 24.7. The van der Waals surface area contributed by atoms with Gasteiger partial charge in [-0.2, -0.15) is 0 Å². The van der Waals surface area contributed by atoms with E-state index in [-0.39, 0.29) is 38.4 Å². The van der Waals surface area contributed by atoms with E-state index in [2.05, 4.69) is 252 Å². The molecular formula is C44H30I9O8S+. The molecule has 0 amide bonds. The minimum Gasteiger partial charge on any atom is -0.490 e. The summed E-state index contributed by atoms with van der Waals surface area (Å²) >= 11 is 20.0. The molecule has 0 N–H and O–H groups in total. The van der Waals surface area contributed by atoms with Crippen molar-refractivity contribution < 1.29 is 38.0 Å². The molecule has 322 valence electrons. The fourth-order valence-electron chi connectivity index (χ4n) is 5.53. The van der Waals surface area contributed by atoms with Crippen molar-refractivity contribution in [2.24, 2.45) is 0 Å². The lowest BCUT2D eigenvalue weighted by molar-refractivity contribution is 0.0440. The van der Waals surface area contributed by atoms with Gasteiger partial charge in [-0.05, 0) is 313 Å². The van der Waals surface area contributed by atoms with E-state index >= 15 is 0 Å². The molecule has 0 aliphatic carbocycles. The molecule has 0 bridgehead atoms. The molecule has 6 aromatic carbocycles. The monoisotopic (exact) mass is 1860 g/mol. The summed E-state index contributed by atoms with van der Waals surface area (Å²) < 4.78 is 44.1. The minimum absolute atomic E-state index is 0.120. The molecule has 0 unspecified atom stereocenters. The Hall–Kier alpha value is 0.380. The largest absolute Gasteiger partial charge is 0.490 e. The van der Waals surface area contributed by atoms with E-state index in [4.69, 9.17) is 28.4 Å². The maximum absolute atomic E-state index is 12.9. The summed E-state index contributed by atoms with van der Waals surface area (Å²) in [5.41, 5.74) is 1.16. The molecule has 0 radical (unpaired) electrons. The average Bonchev–Trinajstić information content (AvgIpc) is 3.26. The van der Waals surface area contributed by atoms with Crippen LogP contribution in [0.2, 0.25) is 0 Å². The Bertz CT molecular complexity index is 2410. The lowest BCUT2D eigenvalue weighted by Gasteiger charge is -2.13. The van der Waals surface area contributed by atoms with Crippen molar-refractivity contribution in [1.29, 1.82) is 0 Å². The van der Waals surface area contributed by atoms with Crippen molar-refractivity contribution in [3.8, 4) is 23.0 Å². The molecular weight excluding hydrogens is 1830 g/mol. The second kappa shape index (κ2) is 25.7. The molecule has 18 heteroatoms. The maximum Gasteiger partial charge on any atom is 0.340 e. The Morgan fingerprint density at radius 2 is 0.661 bits per heavy atom. The molecule has 6 rings (SSSR count). The van der Waals surface area contributed by atoms with Crippen molar-refractivity contribution >= 4 is 226 Å². The number of benzene rings is 6. The van der Waals surface area contributed by atoms with Gasteiger partial charge in [0.05, 0.1) is 29.2 Å². The van der Waals surface area contributed by atoms with Crippen molar-refractivity contribution in [3.63, 3.8) is 0 Å². The number of carbonyl (C=O) groups is 2. The summed E-state index contributed by atoms with van der Waals surface area (Å²) in [6.45, 7) is 1.49. The molecule has 0 fully saturated rings. The molecule has 62 heavy (non-hydrogen) atoms. The fraction of sp³-hybridized carbons (Fsp3) is 0.136. The first kappa shape index (κ1) is 51.8. The zero-order chi connectivity index (χ0) is 44.3. The van der Waals surface area contributed by atoms with Crippen LogP contribution in [0.3, 0.4) is 0 Å². The Morgan fingerprint density at radius 1 is 0.355 bits per heavy atom. The highest BCUT2D eigenvalue weighted by Crippen LogP contribution is 2.35. The van der Waals surface area contributed by atoms with Gasteiger partial charge in [0, 0.05) is 25.0 Å². The summed E-state index contributed by atoms with van der Waals surface area (Å²) in [6.07, 6.45) is 0. The van der Waals surface area contributed by atoms with Gasteiger partial charge < -0.3 is 28.4 Å². The van der Waals surface area contributed by atoms with Crippen LogP contribution in [-0.4, -0.2) is 51.6 Å². The highest BCUT2D eigenvalue weighted by Gasteiger charge is 2.29. The predicted molar refractivity (Wildman–Crippen MR) is 318 cm³/mol. The van der Waals surface area contributed by atoms with Gasteiger partial charge in [0.2, 0.25) is 0 Å². The van der Waals surface area contributed by atoms with Crippen LogP contribution >= 0.6 is 203 Å². The van der Waals surface area contributed by atoms with E-state index in [1.165, 1.54) is 0 Å². The zero-order valence-electron chi connectivity index (χ0n) is 31.7. The van der Waals surface area contributed by atoms with Crippen LogP contribution in [0.15, 0.2) is 124 Å². The number of ether oxygens (including phenoxy) is 6. The molecule has 0 aromatic heterocycles. The normalized spacial score (nSPS) is 11.0. The van der Waals surface area contributed by atoms with Crippen LogP contribution in [0.5, 0.6) is 23.0 Å². The molecule has 0 heterocycles. The topological polar surface area (TPSA) is 89.5 Å². The first-order valence-electron chi connectivity index (χ1n) is 18.1. The van der Waals surface area contributed by atoms with Crippen LogP contribution in [0.4, 0.5) is 0 Å². The Balaban J connectivity index is 1.10. The van der Waals surface area contributed by atoms with Crippen molar-refractivity contribution in [2.75, 3.05) is 39.6 Å². The Kier molecular flexibility index (Phi) is 21.4. The number of carbonyl (C=O) groups excluding carboxylic acids is 2. The van der Waals surface area contributed by atoms with Gasteiger partial charge >= 0.3 is 11.9 Å². The first-order valence-corrected chi connectivity index (χ1v) is 29.1. The van der Waals surface area contributed by atoms with Gasteiger partial charge in [0.15, 0.2) is 14.7 Å². The second-order valence-electron chi connectivity index (χ2n) is 12.5. The lowest BCUT2D eigenvalue weighted by Crippen LogP contribution is -2.15. The zero-order valence-corrected chi connectivity index (χ0v) is 51.9. The SMILES string of the molecule is O=C(OCCOc1ccc([S+](c2ccc(OCCOC(=O)c3c(I)ccc(I)c3I)cc2)c2ccc(OCCOc3c(I)ccc(I)c3I)cc2)cc1)c1c(I)ccc(I)c1I. The number of hydrogen-bond donors (Lipinski definition) is 0. The average molecular weight is 1860 g/mol. The summed E-state index contributed by atoms with van der Waals surface area (Å²) in [5.74, 6) is 2.25. The molecule has 0 saturated carbocycles. The summed E-state index contributed by atoms with van der Waals surface area (Å²) in [7, 11) is -0.498. The van der Waals surface area contributed by atoms with E-state index in [0.717, 1.165) is 58.3 Å². The van der Waals surface area contributed by atoms with E-state index in [9.17, 15) is 9.59 Å². The van der Waals surface area contributed by atoms with Gasteiger partial charge in [-0.3, -0.25) is 0 Å². The van der Waals surface area contributed by atoms with E-state index < -0.39 is 10.9 Å². The van der Waals surface area contributed by atoms with Crippen molar-refractivity contribution in [2.45, 2.75) is 14.7 Å². The fourth-order valence-corrected chi connectivity index (χ4v) is 14.4.